The second-order valence-corrected chi connectivity index (χ2v) is 3.30. The number of carbonyl (C=O) groups is 2. The average Bonchev–Trinajstić information content (AvgIpc) is 2.36. The molecule has 0 heterocycles. The molecule has 0 aliphatic rings. The van der Waals surface area contributed by atoms with Crippen LogP contribution in [0.5, 0.6) is 5.75 Å². The van der Waals surface area contributed by atoms with Crippen LogP contribution in [0.2, 0.25) is 0 Å². The van der Waals surface area contributed by atoms with Gasteiger partial charge in [0.1, 0.15) is 11.6 Å². The number of carboxylic acids is 1. The molecule has 0 aromatic heterocycles. The van der Waals surface area contributed by atoms with Gasteiger partial charge in [0, 0.05) is 5.56 Å². The molecule has 0 bridgehead atoms. The van der Waals surface area contributed by atoms with Crippen LogP contribution >= 0.6 is 0 Å². The van der Waals surface area contributed by atoms with Gasteiger partial charge in [-0.3, -0.25) is 4.79 Å². The Morgan fingerprint density at radius 1 is 1.47 bits per heavy atom. The number of rotatable bonds is 5. The lowest BCUT2D eigenvalue weighted by Gasteiger charge is -2.14. The predicted molar refractivity (Wildman–Crippen MR) is 55.8 cm³/mol. The molecule has 0 aliphatic heterocycles. The van der Waals surface area contributed by atoms with Crippen molar-refractivity contribution in [3.05, 3.63) is 28.8 Å². The van der Waals surface area contributed by atoms with Gasteiger partial charge in [-0.05, 0) is 6.07 Å². The van der Waals surface area contributed by atoms with Crippen molar-refractivity contribution in [1.82, 2.24) is 0 Å². The number of nitriles is 1. The van der Waals surface area contributed by atoms with E-state index in [1.165, 1.54) is 6.07 Å². The van der Waals surface area contributed by atoms with Crippen LogP contribution in [-0.4, -0.2) is 29.1 Å². The Bertz CT molecular complexity index is 553. The molecule has 100 valence electrons. The summed E-state index contributed by atoms with van der Waals surface area (Å²) in [6.07, 6.45) is -1.91. The Hall–Kier alpha value is -2.53. The van der Waals surface area contributed by atoms with Gasteiger partial charge in [-0.15, -0.1) is 0 Å². The summed E-state index contributed by atoms with van der Waals surface area (Å²) in [6.45, 7) is -3.30. The molecule has 1 unspecified atom stereocenters. The van der Waals surface area contributed by atoms with E-state index in [1.54, 1.807) is 0 Å². The standard InChI is InChI=1S/C11H7F2NO5/c12-11(13)19-9-5(4-15)1-2-6(7(9)3-14)8(16)10(17)18/h1-2,4,8,11,16H,(H,17,18). The number of alkyl halides is 2. The van der Waals surface area contributed by atoms with E-state index < -0.39 is 35.6 Å². The van der Waals surface area contributed by atoms with Crippen LogP contribution in [0.1, 0.15) is 27.6 Å². The van der Waals surface area contributed by atoms with Gasteiger partial charge >= 0.3 is 12.6 Å². The monoisotopic (exact) mass is 271 g/mol. The van der Waals surface area contributed by atoms with Crippen molar-refractivity contribution in [2.24, 2.45) is 0 Å². The summed E-state index contributed by atoms with van der Waals surface area (Å²) in [5, 5.41) is 26.9. The summed E-state index contributed by atoms with van der Waals surface area (Å²) < 4.78 is 28.5. The van der Waals surface area contributed by atoms with E-state index >= 15 is 0 Å². The summed E-state index contributed by atoms with van der Waals surface area (Å²) in [4.78, 5) is 21.3. The van der Waals surface area contributed by atoms with Crippen LogP contribution in [-0.2, 0) is 4.79 Å². The van der Waals surface area contributed by atoms with Gasteiger partial charge < -0.3 is 14.9 Å². The maximum Gasteiger partial charge on any atom is 0.387 e. The highest BCUT2D eigenvalue weighted by molar-refractivity contribution is 5.83. The van der Waals surface area contributed by atoms with E-state index in [0.717, 1.165) is 12.1 Å². The smallest absolute Gasteiger partial charge is 0.387 e. The lowest BCUT2D eigenvalue weighted by atomic mass is 9.99. The van der Waals surface area contributed by atoms with Crippen molar-refractivity contribution in [3.8, 4) is 11.8 Å². The van der Waals surface area contributed by atoms with Crippen LogP contribution < -0.4 is 4.74 Å². The minimum Gasteiger partial charge on any atom is -0.479 e. The third-order valence-electron chi connectivity index (χ3n) is 2.19. The van der Waals surface area contributed by atoms with Gasteiger partial charge in [0.15, 0.2) is 18.1 Å². The van der Waals surface area contributed by atoms with E-state index in [9.17, 15) is 23.5 Å². The number of aliphatic hydroxyl groups is 1. The van der Waals surface area contributed by atoms with Crippen LogP contribution in [0.4, 0.5) is 8.78 Å². The minimum atomic E-state index is -3.30. The quantitative estimate of drug-likeness (QED) is 0.776. The summed E-state index contributed by atoms with van der Waals surface area (Å²) in [6, 6.07) is 3.40. The summed E-state index contributed by atoms with van der Waals surface area (Å²) in [7, 11) is 0. The number of benzene rings is 1. The lowest BCUT2D eigenvalue weighted by Crippen LogP contribution is -2.14. The third kappa shape index (κ3) is 3.02. The number of carboxylic acid groups (broad SMARTS) is 1. The number of carbonyl (C=O) groups excluding carboxylic acids is 1. The first kappa shape index (κ1) is 14.5. The Balaban J connectivity index is 3.49. The maximum absolute atomic E-state index is 12.2. The second kappa shape index (κ2) is 5.88. The first-order chi connectivity index (χ1) is 8.92. The average molecular weight is 271 g/mol. The number of nitrogens with zero attached hydrogens (tertiary/aromatic N) is 1. The Morgan fingerprint density at radius 2 is 2.11 bits per heavy atom. The normalized spacial score (nSPS) is 11.7. The van der Waals surface area contributed by atoms with Gasteiger partial charge in [0.05, 0.1) is 5.56 Å². The molecule has 1 rings (SSSR count). The van der Waals surface area contributed by atoms with Gasteiger partial charge in [-0.1, -0.05) is 6.07 Å². The van der Waals surface area contributed by atoms with E-state index in [1.807, 2.05) is 0 Å². The van der Waals surface area contributed by atoms with E-state index in [0.29, 0.717) is 0 Å². The molecule has 0 aliphatic carbocycles. The first-order valence-corrected chi connectivity index (χ1v) is 4.80. The molecule has 1 aromatic carbocycles. The van der Waals surface area contributed by atoms with Crippen molar-refractivity contribution < 1.29 is 33.3 Å². The molecule has 1 aromatic rings. The van der Waals surface area contributed by atoms with Crippen molar-refractivity contribution in [2.75, 3.05) is 0 Å². The zero-order chi connectivity index (χ0) is 14.6. The Kier molecular flexibility index (Phi) is 4.50. The number of ether oxygens (including phenoxy) is 1. The van der Waals surface area contributed by atoms with Gasteiger partial charge in [-0.25, -0.2) is 4.79 Å². The fourth-order valence-corrected chi connectivity index (χ4v) is 1.40. The second-order valence-electron chi connectivity index (χ2n) is 3.30. The highest BCUT2D eigenvalue weighted by Crippen LogP contribution is 2.31. The predicted octanol–water partition coefficient (Wildman–Crippen LogP) is 1.09. The lowest BCUT2D eigenvalue weighted by molar-refractivity contribution is -0.146. The minimum absolute atomic E-state index is 0.176. The van der Waals surface area contributed by atoms with Crippen molar-refractivity contribution >= 4 is 12.3 Å². The number of hydrogen-bond donors (Lipinski definition) is 2. The Labute approximate surface area is 105 Å². The van der Waals surface area contributed by atoms with Crippen molar-refractivity contribution in [2.45, 2.75) is 12.7 Å². The molecule has 0 saturated heterocycles. The maximum atomic E-state index is 12.2. The molecule has 0 amide bonds. The fourth-order valence-electron chi connectivity index (χ4n) is 1.40. The molecular formula is C11H7F2NO5. The fraction of sp³-hybridized carbons (Fsp3) is 0.182. The van der Waals surface area contributed by atoms with Crippen LogP contribution in [0.15, 0.2) is 12.1 Å². The van der Waals surface area contributed by atoms with E-state index in [2.05, 4.69) is 4.74 Å². The number of aldehydes is 1. The van der Waals surface area contributed by atoms with Crippen LogP contribution in [0, 0.1) is 11.3 Å². The molecule has 8 heteroatoms. The van der Waals surface area contributed by atoms with Crippen LogP contribution in [0.25, 0.3) is 0 Å². The molecule has 1 atom stereocenters. The number of aliphatic carboxylic acids is 1. The van der Waals surface area contributed by atoms with Gasteiger partial charge in [0.25, 0.3) is 0 Å². The highest BCUT2D eigenvalue weighted by atomic mass is 19.3. The zero-order valence-electron chi connectivity index (χ0n) is 9.21. The highest BCUT2D eigenvalue weighted by Gasteiger charge is 2.25. The summed E-state index contributed by atoms with van der Waals surface area (Å²) in [5.74, 6) is -2.43. The molecule has 0 saturated carbocycles. The SMILES string of the molecule is N#Cc1c(C(O)C(=O)O)ccc(C=O)c1OC(F)F. The van der Waals surface area contributed by atoms with E-state index in [4.69, 9.17) is 10.4 Å². The van der Waals surface area contributed by atoms with Crippen molar-refractivity contribution in [1.29, 1.82) is 5.26 Å². The van der Waals surface area contributed by atoms with Gasteiger partial charge in [0.2, 0.25) is 0 Å². The third-order valence-corrected chi connectivity index (χ3v) is 2.19. The molecule has 19 heavy (non-hydrogen) atoms. The number of hydrogen-bond acceptors (Lipinski definition) is 5. The topological polar surface area (TPSA) is 108 Å². The molecule has 6 nitrogen and oxygen atoms in total. The molecule has 2 N–H and O–H groups in total. The van der Waals surface area contributed by atoms with E-state index in [-0.39, 0.29) is 11.8 Å². The Morgan fingerprint density at radius 3 is 2.53 bits per heavy atom. The van der Waals surface area contributed by atoms with Crippen LogP contribution in [0.3, 0.4) is 0 Å². The van der Waals surface area contributed by atoms with Gasteiger partial charge in [-0.2, -0.15) is 14.0 Å². The largest absolute Gasteiger partial charge is 0.479 e. The number of halogens is 2. The summed E-state index contributed by atoms with van der Waals surface area (Å²) >= 11 is 0. The molecule has 0 spiro atoms. The molecule has 0 radical (unpaired) electrons. The van der Waals surface area contributed by atoms with Crippen molar-refractivity contribution in [3.63, 3.8) is 0 Å². The first-order valence-electron chi connectivity index (χ1n) is 4.80. The zero-order valence-corrected chi connectivity index (χ0v) is 9.21. The molecular weight excluding hydrogens is 264 g/mol. The summed E-state index contributed by atoms with van der Waals surface area (Å²) in [5.41, 5.74) is -1.41. The number of aliphatic hydroxyl groups excluding tert-OH is 1. The molecule has 0 fully saturated rings.